The zero-order valence-corrected chi connectivity index (χ0v) is 35.1. The lowest BCUT2D eigenvalue weighted by Gasteiger charge is -2.30. The Morgan fingerprint density at radius 2 is 0.844 bits per heavy atom. The highest BCUT2D eigenvalue weighted by Gasteiger charge is 2.24. The molecule has 0 radical (unpaired) electrons. The van der Waals surface area contributed by atoms with E-state index in [4.69, 9.17) is 0 Å². The van der Waals surface area contributed by atoms with Crippen molar-refractivity contribution in [2.24, 2.45) is 0 Å². The van der Waals surface area contributed by atoms with Crippen LogP contribution in [-0.2, 0) is 0 Å². The smallest absolute Gasteiger partial charge is 0.0546 e. The van der Waals surface area contributed by atoms with Gasteiger partial charge in [-0.3, -0.25) is 0 Å². The van der Waals surface area contributed by atoms with E-state index in [1.807, 2.05) is 0 Å². The Hall–Kier alpha value is -8.46. The predicted molar refractivity (Wildman–Crippen MR) is 272 cm³/mol. The van der Waals surface area contributed by atoms with Crippen LogP contribution in [0.25, 0.3) is 93.5 Å². The summed E-state index contributed by atoms with van der Waals surface area (Å²) in [5.41, 5.74) is 16.2. The maximum Gasteiger partial charge on any atom is 0.0546 e. The first-order valence-electron chi connectivity index (χ1n) is 22.0. The molecule has 0 spiro atoms. The molecule has 2 nitrogen and oxygen atoms in total. The SMILES string of the molecule is c1ccc(-c2ccccc2-c2c(-c3ccccc3)cccc2N(c2ccc(-c3ccc4c(ccc5ccccc54)c3)cc2)c2ccc3c(c2)c2ccccc2n3-c2ccccc2)cc1. The third-order valence-electron chi connectivity index (χ3n) is 12.8. The lowest BCUT2D eigenvalue weighted by Crippen LogP contribution is -2.12. The largest absolute Gasteiger partial charge is 0.310 e. The molecule has 2 heteroatoms. The molecule has 0 aliphatic rings. The number of fused-ring (bicyclic) bond motifs is 6. The van der Waals surface area contributed by atoms with E-state index < -0.39 is 0 Å². The predicted octanol–water partition coefficient (Wildman–Crippen LogP) is 17.2. The van der Waals surface area contributed by atoms with Crippen LogP contribution >= 0.6 is 0 Å². The van der Waals surface area contributed by atoms with Crippen molar-refractivity contribution in [2.75, 3.05) is 4.90 Å². The van der Waals surface area contributed by atoms with Crippen LogP contribution in [0.15, 0.2) is 255 Å². The van der Waals surface area contributed by atoms with E-state index in [0.29, 0.717) is 0 Å². The van der Waals surface area contributed by atoms with Crippen LogP contribution in [0.4, 0.5) is 17.1 Å². The van der Waals surface area contributed by atoms with Gasteiger partial charge in [-0.1, -0.05) is 194 Å². The Morgan fingerprint density at radius 1 is 0.281 bits per heavy atom. The van der Waals surface area contributed by atoms with Gasteiger partial charge in [0.05, 0.1) is 16.7 Å². The monoisotopic (exact) mass is 814 g/mol. The van der Waals surface area contributed by atoms with Gasteiger partial charge >= 0.3 is 0 Å². The van der Waals surface area contributed by atoms with Gasteiger partial charge in [0, 0.05) is 33.4 Å². The van der Waals surface area contributed by atoms with Crippen molar-refractivity contribution in [1.29, 1.82) is 0 Å². The Morgan fingerprint density at radius 3 is 1.62 bits per heavy atom. The molecular weight excluding hydrogens is 773 g/mol. The molecule has 0 saturated carbocycles. The first kappa shape index (κ1) is 37.3. The van der Waals surface area contributed by atoms with Crippen molar-refractivity contribution in [2.45, 2.75) is 0 Å². The molecular formula is C62H42N2. The minimum Gasteiger partial charge on any atom is -0.310 e. The van der Waals surface area contributed by atoms with Crippen LogP contribution in [0, 0.1) is 0 Å². The molecule has 0 fully saturated rings. The van der Waals surface area contributed by atoms with Crippen molar-refractivity contribution in [1.82, 2.24) is 4.57 Å². The summed E-state index contributed by atoms with van der Waals surface area (Å²) in [5, 5.41) is 7.48. The summed E-state index contributed by atoms with van der Waals surface area (Å²) < 4.78 is 2.39. The number of nitrogens with zero attached hydrogens (tertiary/aromatic N) is 2. The number of para-hydroxylation sites is 2. The summed E-state index contributed by atoms with van der Waals surface area (Å²) in [5.74, 6) is 0. The number of hydrogen-bond donors (Lipinski definition) is 0. The van der Waals surface area contributed by atoms with Crippen LogP contribution in [0.3, 0.4) is 0 Å². The minimum absolute atomic E-state index is 1.07. The van der Waals surface area contributed by atoms with Crippen molar-refractivity contribution in [3.8, 4) is 50.2 Å². The van der Waals surface area contributed by atoms with Crippen molar-refractivity contribution >= 4 is 60.4 Å². The average molecular weight is 815 g/mol. The number of aromatic nitrogens is 1. The molecule has 0 aliphatic heterocycles. The second-order valence-corrected chi connectivity index (χ2v) is 16.5. The van der Waals surface area contributed by atoms with Crippen LogP contribution in [0.2, 0.25) is 0 Å². The van der Waals surface area contributed by atoms with E-state index in [1.54, 1.807) is 0 Å². The number of benzene rings is 11. The summed E-state index contributed by atoms with van der Waals surface area (Å²) in [6.07, 6.45) is 0. The maximum absolute atomic E-state index is 2.47. The van der Waals surface area contributed by atoms with Crippen molar-refractivity contribution in [3.63, 3.8) is 0 Å². The molecule has 1 heterocycles. The highest BCUT2D eigenvalue weighted by Crippen LogP contribution is 2.49. The second-order valence-electron chi connectivity index (χ2n) is 16.5. The van der Waals surface area contributed by atoms with Gasteiger partial charge in [-0.25, -0.2) is 0 Å². The summed E-state index contributed by atoms with van der Waals surface area (Å²) in [6.45, 7) is 0. The van der Waals surface area contributed by atoms with Gasteiger partial charge in [-0.2, -0.15) is 0 Å². The van der Waals surface area contributed by atoms with Crippen LogP contribution in [0.5, 0.6) is 0 Å². The topological polar surface area (TPSA) is 8.17 Å². The minimum atomic E-state index is 1.07. The summed E-state index contributed by atoms with van der Waals surface area (Å²) >= 11 is 0. The number of rotatable bonds is 8. The van der Waals surface area contributed by atoms with E-state index in [0.717, 1.165) is 22.7 Å². The molecule has 300 valence electrons. The van der Waals surface area contributed by atoms with Crippen LogP contribution in [0.1, 0.15) is 0 Å². The third kappa shape index (κ3) is 6.44. The molecule has 0 amide bonds. The fraction of sp³-hybridized carbons (Fsp3) is 0. The van der Waals surface area contributed by atoms with Gasteiger partial charge in [0.1, 0.15) is 0 Å². The van der Waals surface area contributed by atoms with Gasteiger partial charge in [-0.05, 0) is 121 Å². The molecule has 0 atom stereocenters. The third-order valence-corrected chi connectivity index (χ3v) is 12.8. The van der Waals surface area contributed by atoms with E-state index >= 15 is 0 Å². The van der Waals surface area contributed by atoms with Gasteiger partial charge in [0.2, 0.25) is 0 Å². The highest BCUT2D eigenvalue weighted by atomic mass is 15.1. The van der Waals surface area contributed by atoms with E-state index in [2.05, 4.69) is 264 Å². The number of hydrogen-bond acceptors (Lipinski definition) is 1. The summed E-state index contributed by atoms with van der Waals surface area (Å²) in [6, 6.07) is 92.8. The van der Waals surface area contributed by atoms with Gasteiger partial charge in [0.15, 0.2) is 0 Å². The van der Waals surface area contributed by atoms with E-state index in [1.165, 1.54) is 87.9 Å². The van der Waals surface area contributed by atoms with E-state index in [-0.39, 0.29) is 0 Å². The Labute approximate surface area is 373 Å². The lowest BCUT2D eigenvalue weighted by atomic mass is 9.87. The zero-order valence-electron chi connectivity index (χ0n) is 35.1. The standard InChI is InChI=1S/C62H42N2/c1-4-17-44(18-5-1)53-25-12-13-27-57(53)62-55(45-19-6-2-7-20-45)28-16-30-61(62)63(51-38-40-60-58(42-51)56-26-14-15-29-59(56)64(60)49-22-8-3-9-23-49)50-36-33-43(34-37-50)47-35-39-54-48(41-47)32-31-46-21-10-11-24-52(46)54/h1-42H. The number of anilines is 3. The molecule has 0 aliphatic carbocycles. The Balaban J connectivity index is 1.09. The van der Waals surface area contributed by atoms with Gasteiger partial charge in [-0.15, -0.1) is 0 Å². The molecule has 1 aromatic heterocycles. The van der Waals surface area contributed by atoms with E-state index in [9.17, 15) is 0 Å². The molecule has 0 bridgehead atoms. The molecule has 11 aromatic carbocycles. The van der Waals surface area contributed by atoms with Crippen LogP contribution < -0.4 is 4.90 Å². The van der Waals surface area contributed by atoms with Gasteiger partial charge < -0.3 is 9.47 Å². The summed E-state index contributed by atoms with van der Waals surface area (Å²) in [7, 11) is 0. The Kier molecular flexibility index (Phi) is 9.20. The first-order chi connectivity index (χ1) is 31.8. The maximum atomic E-state index is 2.47. The fourth-order valence-corrected chi connectivity index (χ4v) is 9.82. The molecule has 0 N–H and O–H groups in total. The molecule has 12 aromatic rings. The quantitative estimate of drug-likeness (QED) is 0.139. The normalized spacial score (nSPS) is 11.4. The second kappa shape index (κ2) is 15.8. The lowest BCUT2D eigenvalue weighted by molar-refractivity contribution is 1.18. The van der Waals surface area contributed by atoms with Crippen molar-refractivity contribution < 1.29 is 0 Å². The first-order valence-corrected chi connectivity index (χ1v) is 22.0. The highest BCUT2D eigenvalue weighted by molar-refractivity contribution is 6.12. The van der Waals surface area contributed by atoms with Crippen LogP contribution in [-0.4, -0.2) is 4.57 Å². The average Bonchev–Trinajstić information content (AvgIpc) is 3.71. The fourth-order valence-electron chi connectivity index (χ4n) is 9.82. The molecule has 0 saturated heterocycles. The molecule has 64 heavy (non-hydrogen) atoms. The molecule has 12 rings (SSSR count). The Bertz CT molecular complexity index is 3640. The molecule has 0 unspecified atom stereocenters. The van der Waals surface area contributed by atoms with Gasteiger partial charge in [0.25, 0.3) is 0 Å². The van der Waals surface area contributed by atoms with Crippen molar-refractivity contribution in [3.05, 3.63) is 255 Å². The zero-order chi connectivity index (χ0) is 42.4. The summed E-state index contributed by atoms with van der Waals surface area (Å²) in [4.78, 5) is 2.47.